The van der Waals surface area contributed by atoms with E-state index in [0.717, 1.165) is 44.7 Å². The van der Waals surface area contributed by atoms with E-state index < -0.39 is 0 Å². The molecule has 1 atom stereocenters. The van der Waals surface area contributed by atoms with Gasteiger partial charge in [-0.2, -0.15) is 0 Å². The van der Waals surface area contributed by atoms with Crippen LogP contribution >= 0.6 is 11.6 Å². The molecule has 8 heteroatoms. The van der Waals surface area contributed by atoms with E-state index in [4.69, 9.17) is 21.3 Å². The van der Waals surface area contributed by atoms with Gasteiger partial charge in [0, 0.05) is 23.3 Å². The highest BCUT2D eigenvalue weighted by molar-refractivity contribution is 6.35. The molecule has 1 aliphatic carbocycles. The molecule has 3 heterocycles. The zero-order valence-electron chi connectivity index (χ0n) is 20.2. The summed E-state index contributed by atoms with van der Waals surface area (Å²) in [6.45, 7) is 0. The number of carbonyl (C=O) groups excluding carboxylic acids is 1. The smallest absolute Gasteiger partial charge is 0.254 e. The van der Waals surface area contributed by atoms with E-state index in [1.807, 2.05) is 54.6 Å². The molecule has 0 spiro atoms. The van der Waals surface area contributed by atoms with Gasteiger partial charge in [-0.05, 0) is 46.5 Å². The number of benzene rings is 3. The van der Waals surface area contributed by atoms with Gasteiger partial charge in [-0.1, -0.05) is 54.1 Å². The van der Waals surface area contributed by atoms with Crippen LogP contribution in [0.1, 0.15) is 27.5 Å². The molecule has 3 aromatic heterocycles. The third-order valence-electron chi connectivity index (χ3n) is 7.02. The standard InChI is InChI=1S/C30H20ClN5O2/c1-38-16-9-10-23-21(13-16)27(22(31)14-33-23)30(37)36-28-18-6-3-2-5-17(18)26-19(28)7-4-8-20(26)29-34-24-11-12-32-15-25(24)35-29/h2-15,28H,1H3,(H,34,35)(H,36,37)/t28-/m1/s1. The molecule has 7 rings (SSSR count). The fourth-order valence-corrected chi connectivity index (χ4v) is 5.54. The lowest BCUT2D eigenvalue weighted by Crippen LogP contribution is -2.28. The third-order valence-corrected chi connectivity index (χ3v) is 7.31. The molecule has 1 amide bonds. The largest absolute Gasteiger partial charge is 0.497 e. The van der Waals surface area contributed by atoms with Gasteiger partial charge in [0.15, 0.2) is 0 Å². The van der Waals surface area contributed by atoms with Gasteiger partial charge in [0.25, 0.3) is 5.91 Å². The molecule has 2 N–H and O–H groups in total. The number of ether oxygens (including phenoxy) is 1. The predicted octanol–water partition coefficient (Wildman–Crippen LogP) is 6.33. The van der Waals surface area contributed by atoms with Crippen LogP contribution in [0.15, 0.2) is 85.3 Å². The Kier molecular flexibility index (Phi) is 5.13. The first kappa shape index (κ1) is 22.4. The summed E-state index contributed by atoms with van der Waals surface area (Å²) in [6, 6.07) is 21.1. The second-order valence-corrected chi connectivity index (χ2v) is 9.51. The van der Waals surface area contributed by atoms with E-state index in [1.54, 1.807) is 25.6 Å². The Morgan fingerprint density at radius 1 is 0.974 bits per heavy atom. The number of pyridine rings is 2. The third kappa shape index (κ3) is 3.43. The maximum absolute atomic E-state index is 13.8. The normalized spacial score (nSPS) is 13.9. The molecule has 0 unspecified atom stereocenters. The Morgan fingerprint density at radius 2 is 1.82 bits per heavy atom. The van der Waals surface area contributed by atoms with Crippen molar-refractivity contribution in [1.82, 2.24) is 25.3 Å². The maximum atomic E-state index is 13.8. The molecular weight excluding hydrogens is 498 g/mol. The first-order chi connectivity index (χ1) is 18.6. The number of imidazole rings is 1. The van der Waals surface area contributed by atoms with Crippen LogP contribution in [0.5, 0.6) is 5.75 Å². The lowest BCUT2D eigenvalue weighted by atomic mass is 9.98. The highest BCUT2D eigenvalue weighted by Crippen LogP contribution is 2.48. The summed E-state index contributed by atoms with van der Waals surface area (Å²) in [5.74, 6) is 1.09. The van der Waals surface area contributed by atoms with E-state index in [2.05, 4.69) is 26.3 Å². The van der Waals surface area contributed by atoms with Gasteiger partial charge in [-0.25, -0.2) is 4.98 Å². The summed E-state index contributed by atoms with van der Waals surface area (Å²) in [4.78, 5) is 30.6. The Bertz CT molecular complexity index is 1860. The number of amides is 1. The molecule has 0 saturated carbocycles. The second kappa shape index (κ2) is 8.68. The van der Waals surface area contributed by atoms with Crippen molar-refractivity contribution in [2.75, 3.05) is 7.11 Å². The number of methoxy groups -OCH3 is 1. The average molecular weight is 518 g/mol. The van der Waals surface area contributed by atoms with E-state index in [-0.39, 0.29) is 17.0 Å². The zero-order valence-corrected chi connectivity index (χ0v) is 21.0. The van der Waals surface area contributed by atoms with E-state index in [0.29, 0.717) is 22.2 Å². The molecule has 7 nitrogen and oxygen atoms in total. The van der Waals surface area contributed by atoms with E-state index in [1.165, 1.54) is 6.20 Å². The van der Waals surface area contributed by atoms with Crippen molar-refractivity contribution in [1.29, 1.82) is 0 Å². The van der Waals surface area contributed by atoms with Gasteiger partial charge in [-0.15, -0.1) is 0 Å². The number of hydrogen-bond donors (Lipinski definition) is 2. The van der Waals surface area contributed by atoms with Crippen LogP contribution in [0, 0.1) is 0 Å². The number of halogens is 1. The van der Waals surface area contributed by atoms with Crippen LogP contribution in [0.3, 0.4) is 0 Å². The number of rotatable bonds is 4. The number of H-pyrrole nitrogens is 1. The minimum Gasteiger partial charge on any atom is -0.497 e. The van der Waals surface area contributed by atoms with Crippen molar-refractivity contribution in [2.24, 2.45) is 0 Å². The zero-order chi connectivity index (χ0) is 25.8. The number of carbonyl (C=O) groups is 1. The Hall–Kier alpha value is -4.75. The van der Waals surface area contributed by atoms with Crippen LogP contribution in [0.25, 0.3) is 44.5 Å². The molecule has 3 aromatic carbocycles. The summed E-state index contributed by atoms with van der Waals surface area (Å²) < 4.78 is 5.38. The van der Waals surface area contributed by atoms with Crippen LogP contribution in [0.4, 0.5) is 0 Å². The highest BCUT2D eigenvalue weighted by atomic mass is 35.5. The first-order valence-corrected chi connectivity index (χ1v) is 12.5. The summed E-state index contributed by atoms with van der Waals surface area (Å²) in [6.07, 6.45) is 5.01. The summed E-state index contributed by atoms with van der Waals surface area (Å²) in [5.41, 5.74) is 7.78. The monoisotopic (exact) mass is 517 g/mol. The number of nitrogens with zero attached hydrogens (tertiary/aromatic N) is 3. The highest BCUT2D eigenvalue weighted by Gasteiger charge is 2.33. The van der Waals surface area contributed by atoms with Crippen molar-refractivity contribution in [3.05, 3.63) is 107 Å². The lowest BCUT2D eigenvalue weighted by Gasteiger charge is -2.18. The molecule has 0 bridgehead atoms. The predicted molar refractivity (Wildman–Crippen MR) is 147 cm³/mol. The van der Waals surface area contributed by atoms with Gasteiger partial charge in [0.1, 0.15) is 11.6 Å². The lowest BCUT2D eigenvalue weighted by molar-refractivity contribution is 0.0945. The van der Waals surface area contributed by atoms with E-state index in [9.17, 15) is 4.79 Å². The van der Waals surface area contributed by atoms with Crippen LogP contribution in [-0.2, 0) is 0 Å². The van der Waals surface area contributed by atoms with Gasteiger partial charge in [-0.3, -0.25) is 14.8 Å². The Morgan fingerprint density at radius 3 is 2.68 bits per heavy atom. The average Bonchev–Trinajstić information content (AvgIpc) is 3.52. The molecule has 0 aliphatic heterocycles. The summed E-state index contributed by atoms with van der Waals surface area (Å²) >= 11 is 6.54. The van der Waals surface area contributed by atoms with Crippen molar-refractivity contribution in [3.8, 4) is 28.3 Å². The maximum Gasteiger partial charge on any atom is 0.254 e. The van der Waals surface area contributed by atoms with E-state index >= 15 is 0 Å². The summed E-state index contributed by atoms with van der Waals surface area (Å²) in [7, 11) is 1.58. The molecule has 184 valence electrons. The van der Waals surface area contributed by atoms with Crippen LogP contribution < -0.4 is 10.1 Å². The molecule has 1 aliphatic rings. The van der Waals surface area contributed by atoms with Gasteiger partial charge in [0.2, 0.25) is 0 Å². The minimum absolute atomic E-state index is 0.277. The molecule has 38 heavy (non-hydrogen) atoms. The van der Waals surface area contributed by atoms with Gasteiger partial charge >= 0.3 is 0 Å². The fourth-order valence-electron chi connectivity index (χ4n) is 5.30. The molecular formula is C30H20ClN5O2. The van der Waals surface area contributed by atoms with Gasteiger partial charge < -0.3 is 15.0 Å². The number of aromatic amines is 1. The SMILES string of the molecule is COc1ccc2ncc(Cl)c(C(=O)N[C@@H]3c4ccccc4-c4c(-c5nc6ccncc6[nH]5)cccc43)c2c1. The topological polar surface area (TPSA) is 92.8 Å². The van der Waals surface area contributed by atoms with Crippen molar-refractivity contribution >= 4 is 39.4 Å². The quantitative estimate of drug-likeness (QED) is 0.285. The van der Waals surface area contributed by atoms with Crippen molar-refractivity contribution in [3.63, 3.8) is 0 Å². The molecule has 0 saturated heterocycles. The Labute approximate surface area is 222 Å². The van der Waals surface area contributed by atoms with Crippen LogP contribution in [-0.4, -0.2) is 33.0 Å². The number of aromatic nitrogens is 4. The number of fused-ring (bicyclic) bond motifs is 5. The second-order valence-electron chi connectivity index (χ2n) is 9.11. The van der Waals surface area contributed by atoms with Crippen molar-refractivity contribution < 1.29 is 9.53 Å². The molecule has 0 radical (unpaired) electrons. The first-order valence-electron chi connectivity index (χ1n) is 12.1. The minimum atomic E-state index is -0.371. The van der Waals surface area contributed by atoms with Crippen LogP contribution in [0.2, 0.25) is 5.02 Å². The molecule has 0 fully saturated rings. The van der Waals surface area contributed by atoms with Gasteiger partial charge in [0.05, 0.1) is 46.5 Å². The Balaban J connectivity index is 1.36. The fraction of sp³-hybridized carbons (Fsp3) is 0.0667. The van der Waals surface area contributed by atoms with Crippen molar-refractivity contribution in [2.45, 2.75) is 6.04 Å². The summed E-state index contributed by atoms with van der Waals surface area (Å²) in [5, 5.41) is 4.16. The number of nitrogens with one attached hydrogen (secondary N) is 2. The number of hydrogen-bond acceptors (Lipinski definition) is 5. The molecule has 6 aromatic rings.